The van der Waals surface area contributed by atoms with Crippen LogP contribution in [0.25, 0.3) is 0 Å². The third kappa shape index (κ3) is 2.87. The van der Waals surface area contributed by atoms with E-state index in [2.05, 4.69) is 8.37 Å². The summed E-state index contributed by atoms with van der Waals surface area (Å²) in [5.41, 5.74) is 0.728. The summed E-state index contributed by atoms with van der Waals surface area (Å²) in [5.74, 6) is -0.750. The predicted octanol–water partition coefficient (Wildman–Crippen LogP) is 0.580. The van der Waals surface area contributed by atoms with Gasteiger partial charge in [0.1, 0.15) is 0 Å². The van der Waals surface area contributed by atoms with Crippen molar-refractivity contribution in [2.45, 2.75) is 6.42 Å². The van der Waals surface area contributed by atoms with Crippen LogP contribution in [0.2, 0.25) is 0 Å². The number of benzene rings is 1. The monoisotopic (exact) mass is 299 g/mol. The van der Waals surface area contributed by atoms with Crippen molar-refractivity contribution in [2.75, 3.05) is 20.3 Å². The Morgan fingerprint density at radius 2 is 1.65 bits per heavy atom. The molecule has 0 aliphatic carbocycles. The van der Waals surface area contributed by atoms with Crippen LogP contribution < -0.4 is 0 Å². The number of carbonyl (C=O) groups is 2. The van der Waals surface area contributed by atoms with Crippen molar-refractivity contribution in [3.05, 3.63) is 35.4 Å². The van der Waals surface area contributed by atoms with Gasteiger partial charge in [-0.05, 0) is 18.6 Å². The molecule has 1 aromatic rings. The van der Waals surface area contributed by atoms with Crippen LogP contribution >= 0.6 is 0 Å². The van der Waals surface area contributed by atoms with Crippen molar-refractivity contribution in [1.82, 2.24) is 4.90 Å². The minimum absolute atomic E-state index is 0.0889. The first-order chi connectivity index (χ1) is 9.46. The van der Waals surface area contributed by atoms with E-state index in [9.17, 15) is 18.0 Å². The largest absolute Gasteiger partial charge is 0.399 e. The van der Waals surface area contributed by atoms with Crippen molar-refractivity contribution in [2.24, 2.45) is 0 Å². The van der Waals surface area contributed by atoms with Crippen LogP contribution in [0, 0.1) is 0 Å². The van der Waals surface area contributed by atoms with Gasteiger partial charge in [-0.1, -0.05) is 12.1 Å². The molecule has 1 aliphatic heterocycles. The van der Waals surface area contributed by atoms with Crippen LogP contribution in [0.4, 0.5) is 0 Å². The van der Waals surface area contributed by atoms with Crippen LogP contribution in [0.1, 0.15) is 27.1 Å². The number of carbonyl (C=O) groups excluding carboxylic acids is 2. The van der Waals surface area contributed by atoms with Crippen LogP contribution in [-0.2, 0) is 18.8 Å². The zero-order chi connectivity index (χ0) is 14.8. The molecule has 2 rings (SSSR count). The van der Waals surface area contributed by atoms with Gasteiger partial charge in [-0.3, -0.25) is 18.7 Å². The number of hydrogen-bond acceptors (Lipinski definition) is 6. The van der Waals surface area contributed by atoms with Gasteiger partial charge in [-0.15, -0.1) is 0 Å². The van der Waals surface area contributed by atoms with Gasteiger partial charge < -0.3 is 0 Å². The van der Waals surface area contributed by atoms with Crippen LogP contribution in [0.3, 0.4) is 0 Å². The highest BCUT2D eigenvalue weighted by Crippen LogP contribution is 2.22. The molecule has 0 fully saturated rings. The number of nitrogens with zero attached hydrogens (tertiary/aromatic N) is 1. The molecule has 0 aromatic heterocycles. The quantitative estimate of drug-likeness (QED) is 0.564. The SMILES string of the molecule is COS(=O)(=O)OCCCN1C(=O)c2ccccc2C1=O. The number of amides is 2. The summed E-state index contributed by atoms with van der Waals surface area (Å²) < 4.78 is 30.4. The van der Waals surface area contributed by atoms with E-state index < -0.39 is 10.4 Å². The average Bonchev–Trinajstić information content (AvgIpc) is 2.68. The number of fused-ring (bicyclic) bond motifs is 1. The molecule has 7 nitrogen and oxygen atoms in total. The van der Waals surface area contributed by atoms with Crippen LogP contribution in [-0.4, -0.2) is 45.4 Å². The maximum atomic E-state index is 12.0. The molecule has 0 saturated heterocycles. The Labute approximate surface area is 116 Å². The van der Waals surface area contributed by atoms with Crippen LogP contribution in [0.15, 0.2) is 24.3 Å². The molecule has 0 spiro atoms. The van der Waals surface area contributed by atoms with E-state index in [0.29, 0.717) is 11.1 Å². The molecule has 1 aromatic carbocycles. The fourth-order valence-corrected chi connectivity index (χ4v) is 2.29. The van der Waals surface area contributed by atoms with Gasteiger partial charge in [-0.25, -0.2) is 4.18 Å². The van der Waals surface area contributed by atoms with E-state index in [1.54, 1.807) is 24.3 Å². The lowest BCUT2D eigenvalue weighted by molar-refractivity contribution is 0.0647. The molecule has 20 heavy (non-hydrogen) atoms. The Kier molecular flexibility index (Phi) is 4.17. The first-order valence-corrected chi connectivity index (χ1v) is 7.20. The van der Waals surface area contributed by atoms with E-state index in [0.717, 1.165) is 12.0 Å². The van der Waals surface area contributed by atoms with Crippen molar-refractivity contribution >= 4 is 22.2 Å². The van der Waals surface area contributed by atoms with Gasteiger partial charge in [0.25, 0.3) is 11.8 Å². The van der Waals surface area contributed by atoms with Gasteiger partial charge >= 0.3 is 10.4 Å². The molecule has 0 radical (unpaired) electrons. The smallest absolute Gasteiger partial charge is 0.274 e. The van der Waals surface area contributed by atoms with E-state index in [1.807, 2.05) is 0 Å². The van der Waals surface area contributed by atoms with E-state index in [1.165, 1.54) is 0 Å². The fraction of sp³-hybridized carbons (Fsp3) is 0.333. The molecule has 0 saturated carbocycles. The zero-order valence-corrected chi connectivity index (χ0v) is 11.6. The van der Waals surface area contributed by atoms with E-state index in [-0.39, 0.29) is 31.4 Å². The normalized spacial score (nSPS) is 14.8. The third-order valence-corrected chi connectivity index (χ3v) is 3.70. The van der Waals surface area contributed by atoms with Gasteiger partial charge in [0.15, 0.2) is 0 Å². The predicted molar refractivity (Wildman–Crippen MR) is 68.3 cm³/mol. The average molecular weight is 299 g/mol. The van der Waals surface area contributed by atoms with Gasteiger partial charge in [-0.2, -0.15) is 8.42 Å². The minimum atomic E-state index is -3.98. The molecule has 1 aliphatic rings. The maximum absolute atomic E-state index is 12.0. The lowest BCUT2D eigenvalue weighted by atomic mass is 10.1. The second-order valence-corrected chi connectivity index (χ2v) is 5.44. The van der Waals surface area contributed by atoms with Crippen molar-refractivity contribution in [3.8, 4) is 0 Å². The fourth-order valence-electron chi connectivity index (χ4n) is 1.87. The van der Waals surface area contributed by atoms with E-state index >= 15 is 0 Å². The second-order valence-electron chi connectivity index (χ2n) is 4.06. The molecule has 0 bridgehead atoms. The highest BCUT2D eigenvalue weighted by molar-refractivity contribution is 7.81. The highest BCUT2D eigenvalue weighted by Gasteiger charge is 2.34. The maximum Gasteiger partial charge on any atom is 0.399 e. The van der Waals surface area contributed by atoms with Gasteiger partial charge in [0.05, 0.1) is 24.8 Å². The summed E-state index contributed by atoms with van der Waals surface area (Å²) in [4.78, 5) is 25.0. The summed E-state index contributed by atoms with van der Waals surface area (Å²) in [6.45, 7) is -0.0742. The standard InChI is InChI=1S/C12H13NO6S/c1-18-20(16,17)19-8-4-7-13-11(14)9-5-2-3-6-10(9)12(13)15/h2-3,5-6H,4,7-8H2,1H3. The second kappa shape index (κ2) is 5.70. The van der Waals surface area contributed by atoms with Crippen LogP contribution in [0.5, 0.6) is 0 Å². The molecule has 8 heteroatoms. The molecule has 2 amide bonds. The number of hydrogen-bond donors (Lipinski definition) is 0. The number of rotatable bonds is 6. The first-order valence-electron chi connectivity index (χ1n) is 5.86. The van der Waals surface area contributed by atoms with Gasteiger partial charge in [0.2, 0.25) is 0 Å². The molecule has 0 N–H and O–H groups in total. The minimum Gasteiger partial charge on any atom is -0.274 e. The Bertz CT molecular complexity index is 604. The summed E-state index contributed by atoms with van der Waals surface area (Å²) in [7, 11) is -3.00. The topological polar surface area (TPSA) is 90.0 Å². The Balaban J connectivity index is 1.93. The summed E-state index contributed by atoms with van der Waals surface area (Å²) in [5, 5.41) is 0. The highest BCUT2D eigenvalue weighted by atomic mass is 32.3. The molecule has 0 atom stereocenters. The molecular formula is C12H13NO6S. The number of imide groups is 1. The lowest BCUT2D eigenvalue weighted by Gasteiger charge is -2.13. The summed E-state index contributed by atoms with van der Waals surface area (Å²) in [6.07, 6.45) is 0.202. The molecule has 0 unspecified atom stereocenters. The summed E-state index contributed by atoms with van der Waals surface area (Å²) >= 11 is 0. The molecule has 108 valence electrons. The Morgan fingerprint density at radius 3 is 2.15 bits per heavy atom. The Hall–Kier alpha value is -1.77. The first kappa shape index (κ1) is 14.6. The van der Waals surface area contributed by atoms with Crippen molar-refractivity contribution in [3.63, 3.8) is 0 Å². The molecular weight excluding hydrogens is 286 g/mol. The van der Waals surface area contributed by atoms with Crippen molar-refractivity contribution in [1.29, 1.82) is 0 Å². The third-order valence-electron chi connectivity index (χ3n) is 2.84. The molecule has 1 heterocycles. The van der Waals surface area contributed by atoms with E-state index in [4.69, 9.17) is 0 Å². The van der Waals surface area contributed by atoms with Crippen molar-refractivity contribution < 1.29 is 26.4 Å². The lowest BCUT2D eigenvalue weighted by Crippen LogP contribution is -2.31. The Morgan fingerprint density at radius 1 is 1.10 bits per heavy atom. The zero-order valence-electron chi connectivity index (χ0n) is 10.7. The summed E-state index contributed by atoms with van der Waals surface area (Å²) in [6, 6.07) is 6.53. The van der Waals surface area contributed by atoms with Gasteiger partial charge in [0, 0.05) is 6.54 Å².